The molecule has 1 N–H and O–H groups in total. The Morgan fingerprint density at radius 2 is 2.08 bits per heavy atom. The topological polar surface area (TPSA) is 29.1 Å². The first kappa shape index (κ1) is 11.2. The molecular formula is C10H17NO. The van der Waals surface area contributed by atoms with Crippen molar-refractivity contribution in [2.24, 2.45) is 5.92 Å². The summed E-state index contributed by atoms with van der Waals surface area (Å²) >= 11 is 0. The molecule has 0 unspecified atom stereocenters. The highest BCUT2D eigenvalue weighted by molar-refractivity contribution is 5.82. The van der Waals surface area contributed by atoms with Crippen LogP contribution in [-0.4, -0.2) is 18.9 Å². The maximum Gasteiger partial charge on any atom is 0.149 e. The van der Waals surface area contributed by atoms with Crippen LogP contribution in [0, 0.1) is 18.3 Å². The van der Waals surface area contributed by atoms with Gasteiger partial charge in [0, 0.05) is 5.92 Å². The summed E-state index contributed by atoms with van der Waals surface area (Å²) in [5, 5.41) is 2.90. The predicted molar refractivity (Wildman–Crippen MR) is 50.8 cm³/mol. The van der Waals surface area contributed by atoms with E-state index in [-0.39, 0.29) is 11.7 Å². The van der Waals surface area contributed by atoms with Gasteiger partial charge in [-0.1, -0.05) is 19.8 Å². The molecule has 2 heteroatoms. The van der Waals surface area contributed by atoms with Crippen LogP contribution in [-0.2, 0) is 4.79 Å². The molecule has 0 saturated heterocycles. The molecule has 0 atom stereocenters. The second-order valence-corrected chi connectivity index (χ2v) is 2.79. The van der Waals surface area contributed by atoms with Crippen LogP contribution < -0.4 is 5.32 Å². The van der Waals surface area contributed by atoms with Crippen molar-refractivity contribution < 1.29 is 4.79 Å². The standard InChI is InChI=1S/C10H17NO/c1-4-7-11-8-10(12)9(5-2)6-3/h1,9,11H,5-8H2,2-3H3. The monoisotopic (exact) mass is 167 g/mol. The first-order valence-electron chi connectivity index (χ1n) is 4.43. The molecule has 0 amide bonds. The molecule has 0 fully saturated rings. The van der Waals surface area contributed by atoms with E-state index < -0.39 is 0 Å². The van der Waals surface area contributed by atoms with Gasteiger partial charge in [0.2, 0.25) is 0 Å². The third kappa shape index (κ3) is 4.15. The minimum Gasteiger partial charge on any atom is -0.299 e. The van der Waals surface area contributed by atoms with Crippen LogP contribution in [0.15, 0.2) is 0 Å². The third-order valence-corrected chi connectivity index (χ3v) is 1.97. The van der Waals surface area contributed by atoms with Crippen LogP contribution in [0.1, 0.15) is 26.7 Å². The molecule has 0 aliphatic carbocycles. The SMILES string of the molecule is C#CCNCC(=O)C(CC)CC. The lowest BCUT2D eigenvalue weighted by molar-refractivity contribution is -0.122. The van der Waals surface area contributed by atoms with Crippen molar-refractivity contribution >= 4 is 5.78 Å². The maximum absolute atomic E-state index is 11.3. The third-order valence-electron chi connectivity index (χ3n) is 1.97. The number of terminal acetylenes is 1. The van der Waals surface area contributed by atoms with E-state index >= 15 is 0 Å². The highest BCUT2D eigenvalue weighted by atomic mass is 16.1. The summed E-state index contributed by atoms with van der Waals surface area (Å²) in [6, 6.07) is 0. The highest BCUT2D eigenvalue weighted by Gasteiger charge is 2.12. The molecule has 0 aromatic carbocycles. The smallest absolute Gasteiger partial charge is 0.149 e. The Kier molecular flexibility index (Phi) is 6.41. The molecule has 0 radical (unpaired) electrons. The van der Waals surface area contributed by atoms with Crippen molar-refractivity contribution in [2.45, 2.75) is 26.7 Å². The minimum absolute atomic E-state index is 0.204. The Morgan fingerprint density at radius 1 is 1.50 bits per heavy atom. The van der Waals surface area contributed by atoms with Gasteiger partial charge in [0.1, 0.15) is 5.78 Å². The van der Waals surface area contributed by atoms with Crippen molar-refractivity contribution in [1.29, 1.82) is 0 Å². The molecule has 0 saturated carbocycles. The van der Waals surface area contributed by atoms with Crippen molar-refractivity contribution in [3.63, 3.8) is 0 Å². The average Bonchev–Trinajstić information content (AvgIpc) is 2.07. The number of ketones is 1. The van der Waals surface area contributed by atoms with Gasteiger partial charge in [-0.15, -0.1) is 6.42 Å². The fourth-order valence-corrected chi connectivity index (χ4v) is 1.15. The van der Waals surface area contributed by atoms with E-state index in [0.717, 1.165) is 12.8 Å². The lowest BCUT2D eigenvalue weighted by Gasteiger charge is -2.10. The van der Waals surface area contributed by atoms with Gasteiger partial charge in [-0.2, -0.15) is 0 Å². The first-order chi connectivity index (χ1) is 5.76. The lowest BCUT2D eigenvalue weighted by atomic mass is 9.98. The highest BCUT2D eigenvalue weighted by Crippen LogP contribution is 2.07. The van der Waals surface area contributed by atoms with Crippen LogP contribution in [0.4, 0.5) is 0 Å². The summed E-state index contributed by atoms with van der Waals surface area (Å²) in [5.41, 5.74) is 0. The number of carbonyl (C=O) groups is 1. The Labute approximate surface area is 74.7 Å². The molecule has 12 heavy (non-hydrogen) atoms. The van der Waals surface area contributed by atoms with Crippen molar-refractivity contribution in [3.05, 3.63) is 0 Å². The predicted octanol–water partition coefficient (Wildman–Crippen LogP) is 1.21. The Balaban J connectivity index is 3.63. The molecule has 0 spiro atoms. The van der Waals surface area contributed by atoms with Gasteiger partial charge in [0.15, 0.2) is 0 Å². The van der Waals surface area contributed by atoms with Crippen molar-refractivity contribution in [3.8, 4) is 12.3 Å². The zero-order chi connectivity index (χ0) is 9.40. The second-order valence-electron chi connectivity index (χ2n) is 2.79. The van der Waals surface area contributed by atoms with E-state index in [2.05, 4.69) is 11.2 Å². The number of hydrogen-bond acceptors (Lipinski definition) is 2. The quantitative estimate of drug-likeness (QED) is 0.476. The van der Waals surface area contributed by atoms with Gasteiger partial charge in [0.25, 0.3) is 0 Å². The molecule has 0 aliphatic rings. The van der Waals surface area contributed by atoms with E-state index in [0.29, 0.717) is 13.1 Å². The number of rotatable bonds is 6. The summed E-state index contributed by atoms with van der Waals surface area (Å²) in [7, 11) is 0. The van der Waals surface area contributed by atoms with Gasteiger partial charge in [-0.05, 0) is 12.8 Å². The zero-order valence-corrected chi connectivity index (χ0v) is 7.89. The van der Waals surface area contributed by atoms with E-state index in [1.54, 1.807) is 0 Å². The van der Waals surface area contributed by atoms with Crippen LogP contribution in [0.2, 0.25) is 0 Å². The average molecular weight is 167 g/mol. The van der Waals surface area contributed by atoms with Crippen LogP contribution in [0.5, 0.6) is 0 Å². The largest absolute Gasteiger partial charge is 0.299 e. The van der Waals surface area contributed by atoms with E-state index in [4.69, 9.17) is 6.42 Å². The molecule has 0 aliphatic heterocycles. The fraction of sp³-hybridized carbons (Fsp3) is 0.700. The van der Waals surface area contributed by atoms with E-state index in [1.807, 2.05) is 13.8 Å². The number of Topliss-reactive ketones (excluding diaryl/α,β-unsaturated/α-hetero) is 1. The van der Waals surface area contributed by atoms with Crippen LogP contribution in [0.3, 0.4) is 0 Å². The first-order valence-corrected chi connectivity index (χ1v) is 4.43. The van der Waals surface area contributed by atoms with Crippen LogP contribution >= 0.6 is 0 Å². The van der Waals surface area contributed by atoms with Gasteiger partial charge in [0.05, 0.1) is 13.1 Å². The maximum atomic E-state index is 11.3. The summed E-state index contributed by atoms with van der Waals surface area (Å²) in [6.07, 6.45) is 6.88. The Hall–Kier alpha value is -0.810. The number of nitrogens with one attached hydrogen (secondary N) is 1. The molecule has 0 rings (SSSR count). The summed E-state index contributed by atoms with van der Waals surface area (Å²) in [4.78, 5) is 11.3. The van der Waals surface area contributed by atoms with Crippen molar-refractivity contribution in [2.75, 3.05) is 13.1 Å². The van der Waals surface area contributed by atoms with E-state index in [9.17, 15) is 4.79 Å². The van der Waals surface area contributed by atoms with Gasteiger partial charge >= 0.3 is 0 Å². The summed E-state index contributed by atoms with van der Waals surface area (Å²) in [5.74, 6) is 2.91. The number of carbonyl (C=O) groups excluding carboxylic acids is 1. The lowest BCUT2D eigenvalue weighted by Crippen LogP contribution is -2.28. The van der Waals surface area contributed by atoms with Gasteiger partial charge in [-0.25, -0.2) is 0 Å². The van der Waals surface area contributed by atoms with Crippen LogP contribution in [0.25, 0.3) is 0 Å². The zero-order valence-electron chi connectivity index (χ0n) is 7.89. The normalized spacial score (nSPS) is 9.83. The minimum atomic E-state index is 0.204. The Morgan fingerprint density at radius 3 is 2.50 bits per heavy atom. The summed E-state index contributed by atoms with van der Waals surface area (Å²) in [6.45, 7) is 4.96. The van der Waals surface area contributed by atoms with Crippen molar-refractivity contribution in [1.82, 2.24) is 5.32 Å². The molecule has 68 valence electrons. The molecule has 2 nitrogen and oxygen atoms in total. The number of hydrogen-bond donors (Lipinski definition) is 1. The fourth-order valence-electron chi connectivity index (χ4n) is 1.15. The molecule has 0 bridgehead atoms. The summed E-state index contributed by atoms with van der Waals surface area (Å²) < 4.78 is 0. The molecule has 0 aromatic heterocycles. The van der Waals surface area contributed by atoms with Gasteiger partial charge in [-0.3, -0.25) is 10.1 Å². The van der Waals surface area contributed by atoms with E-state index in [1.165, 1.54) is 0 Å². The Bertz CT molecular complexity index is 165. The molecule has 0 aromatic rings. The molecular weight excluding hydrogens is 150 g/mol. The molecule has 0 heterocycles. The second kappa shape index (κ2) is 6.87. The van der Waals surface area contributed by atoms with Gasteiger partial charge < -0.3 is 0 Å².